The van der Waals surface area contributed by atoms with Crippen LogP contribution in [0.1, 0.15) is 26.7 Å². The highest BCUT2D eigenvalue weighted by atomic mass is 16.5. The van der Waals surface area contributed by atoms with E-state index in [1.165, 1.54) is 10.8 Å². The van der Waals surface area contributed by atoms with Crippen molar-refractivity contribution in [3.8, 4) is 5.88 Å². The van der Waals surface area contributed by atoms with Crippen molar-refractivity contribution in [3.05, 3.63) is 22.7 Å². The van der Waals surface area contributed by atoms with Gasteiger partial charge in [-0.15, -0.1) is 0 Å². The van der Waals surface area contributed by atoms with E-state index in [9.17, 15) is 4.79 Å². The topological polar surface area (TPSA) is 70.1 Å². The fourth-order valence-corrected chi connectivity index (χ4v) is 1.24. The van der Waals surface area contributed by atoms with Crippen molar-refractivity contribution in [2.45, 2.75) is 32.2 Å². The first-order chi connectivity index (χ1) is 7.52. The SMILES string of the molecule is CCC(N)(CC)COc1nccn(C)c1=O. The molecule has 2 N–H and O–H groups in total. The summed E-state index contributed by atoms with van der Waals surface area (Å²) < 4.78 is 6.82. The van der Waals surface area contributed by atoms with E-state index < -0.39 is 0 Å². The molecule has 5 heteroatoms. The number of aromatic nitrogens is 2. The molecule has 0 spiro atoms. The van der Waals surface area contributed by atoms with E-state index in [1.54, 1.807) is 13.2 Å². The first-order valence-corrected chi connectivity index (χ1v) is 5.45. The third-order valence-electron chi connectivity index (χ3n) is 2.89. The normalized spacial score (nSPS) is 11.5. The molecule has 0 saturated heterocycles. The quantitative estimate of drug-likeness (QED) is 0.800. The number of rotatable bonds is 5. The average Bonchev–Trinajstić information content (AvgIpc) is 2.31. The summed E-state index contributed by atoms with van der Waals surface area (Å²) in [6.07, 6.45) is 4.73. The molecule has 0 aliphatic heterocycles. The summed E-state index contributed by atoms with van der Waals surface area (Å²) in [7, 11) is 1.66. The lowest BCUT2D eigenvalue weighted by atomic mass is 9.96. The zero-order valence-corrected chi connectivity index (χ0v) is 10.1. The monoisotopic (exact) mass is 225 g/mol. The smallest absolute Gasteiger partial charge is 0.313 e. The van der Waals surface area contributed by atoms with Gasteiger partial charge in [-0.2, -0.15) is 0 Å². The van der Waals surface area contributed by atoms with E-state index in [-0.39, 0.29) is 17.0 Å². The number of hydrogen-bond acceptors (Lipinski definition) is 4. The van der Waals surface area contributed by atoms with E-state index >= 15 is 0 Å². The molecule has 90 valence electrons. The van der Waals surface area contributed by atoms with Crippen LogP contribution in [0.4, 0.5) is 0 Å². The first kappa shape index (κ1) is 12.7. The van der Waals surface area contributed by atoms with Crippen molar-refractivity contribution in [1.29, 1.82) is 0 Å². The summed E-state index contributed by atoms with van der Waals surface area (Å²) in [6, 6.07) is 0. The van der Waals surface area contributed by atoms with Crippen LogP contribution < -0.4 is 16.0 Å². The van der Waals surface area contributed by atoms with Crippen molar-refractivity contribution >= 4 is 0 Å². The maximum atomic E-state index is 11.6. The molecule has 0 saturated carbocycles. The average molecular weight is 225 g/mol. The summed E-state index contributed by atoms with van der Waals surface area (Å²) in [6.45, 7) is 4.32. The Bertz CT molecular complexity index is 396. The van der Waals surface area contributed by atoms with Gasteiger partial charge in [-0.05, 0) is 12.8 Å². The van der Waals surface area contributed by atoms with E-state index in [1.807, 2.05) is 13.8 Å². The van der Waals surface area contributed by atoms with Crippen LogP contribution in [0.3, 0.4) is 0 Å². The van der Waals surface area contributed by atoms with Crippen molar-refractivity contribution < 1.29 is 4.74 Å². The Morgan fingerprint density at radius 3 is 2.69 bits per heavy atom. The lowest BCUT2D eigenvalue weighted by Crippen LogP contribution is -2.45. The second-order valence-electron chi connectivity index (χ2n) is 4.01. The summed E-state index contributed by atoms with van der Waals surface area (Å²) in [5.41, 5.74) is 5.45. The minimum absolute atomic E-state index is 0.113. The van der Waals surface area contributed by atoms with Gasteiger partial charge in [0.1, 0.15) is 6.61 Å². The number of hydrogen-bond donors (Lipinski definition) is 1. The molecule has 0 aromatic carbocycles. The minimum atomic E-state index is -0.386. The number of nitrogens with two attached hydrogens (primary N) is 1. The summed E-state index contributed by atoms with van der Waals surface area (Å²) in [5, 5.41) is 0. The highest BCUT2D eigenvalue weighted by Gasteiger charge is 2.22. The van der Waals surface area contributed by atoms with Crippen molar-refractivity contribution in [2.75, 3.05) is 6.61 Å². The molecule has 16 heavy (non-hydrogen) atoms. The molecular weight excluding hydrogens is 206 g/mol. The lowest BCUT2D eigenvalue weighted by Gasteiger charge is -2.25. The fourth-order valence-electron chi connectivity index (χ4n) is 1.24. The molecule has 0 unspecified atom stereocenters. The first-order valence-electron chi connectivity index (χ1n) is 5.45. The highest BCUT2D eigenvalue weighted by Crippen LogP contribution is 2.12. The van der Waals surface area contributed by atoms with Gasteiger partial charge >= 0.3 is 5.56 Å². The molecule has 0 radical (unpaired) electrons. The third-order valence-corrected chi connectivity index (χ3v) is 2.89. The van der Waals surface area contributed by atoms with Crippen LogP contribution in [0.15, 0.2) is 17.2 Å². The second-order valence-corrected chi connectivity index (χ2v) is 4.01. The van der Waals surface area contributed by atoms with Gasteiger partial charge in [0.05, 0.1) is 0 Å². The molecule has 5 nitrogen and oxygen atoms in total. The van der Waals surface area contributed by atoms with E-state index in [0.29, 0.717) is 6.61 Å². The number of ether oxygens (including phenoxy) is 1. The van der Waals surface area contributed by atoms with Gasteiger partial charge in [-0.25, -0.2) is 4.98 Å². The Balaban J connectivity index is 2.75. The standard InChI is InChI=1S/C11H19N3O2/c1-4-11(12,5-2)8-16-9-10(15)14(3)7-6-13-9/h6-7H,4-5,8,12H2,1-3H3. The van der Waals surface area contributed by atoms with Crippen LogP contribution in [0.25, 0.3) is 0 Å². The zero-order chi connectivity index (χ0) is 12.2. The van der Waals surface area contributed by atoms with Crippen LogP contribution in [-0.2, 0) is 7.05 Å². The molecule has 0 amide bonds. The molecule has 1 aromatic rings. The lowest BCUT2D eigenvalue weighted by molar-refractivity contribution is 0.197. The Morgan fingerprint density at radius 1 is 1.50 bits per heavy atom. The van der Waals surface area contributed by atoms with Gasteiger partial charge in [-0.1, -0.05) is 13.8 Å². The van der Waals surface area contributed by atoms with Crippen LogP contribution >= 0.6 is 0 Å². The minimum Gasteiger partial charge on any atom is -0.472 e. The zero-order valence-electron chi connectivity index (χ0n) is 10.1. The maximum absolute atomic E-state index is 11.6. The van der Waals surface area contributed by atoms with E-state index in [2.05, 4.69) is 4.98 Å². The molecule has 0 fully saturated rings. The Hall–Kier alpha value is -1.36. The number of aryl methyl sites for hydroxylation is 1. The Kier molecular flexibility index (Phi) is 4.06. The van der Waals surface area contributed by atoms with Gasteiger partial charge in [-0.3, -0.25) is 4.79 Å². The Labute approximate surface area is 95.3 Å². The molecule has 1 rings (SSSR count). The molecule has 0 aliphatic carbocycles. The van der Waals surface area contributed by atoms with Gasteiger partial charge in [0, 0.05) is 25.0 Å². The predicted octanol–water partition coefficient (Wildman–Crippen LogP) is 0.677. The Morgan fingerprint density at radius 2 is 2.12 bits per heavy atom. The van der Waals surface area contributed by atoms with Crippen LogP contribution in [0.5, 0.6) is 5.88 Å². The van der Waals surface area contributed by atoms with Gasteiger partial charge < -0.3 is 15.0 Å². The van der Waals surface area contributed by atoms with E-state index in [0.717, 1.165) is 12.8 Å². The van der Waals surface area contributed by atoms with Gasteiger partial charge in [0.2, 0.25) is 0 Å². The second kappa shape index (κ2) is 5.12. The van der Waals surface area contributed by atoms with Crippen molar-refractivity contribution in [2.24, 2.45) is 12.8 Å². The maximum Gasteiger partial charge on any atom is 0.313 e. The van der Waals surface area contributed by atoms with Gasteiger partial charge in [0.25, 0.3) is 5.88 Å². The van der Waals surface area contributed by atoms with Crippen LogP contribution in [0, 0.1) is 0 Å². The molecular formula is C11H19N3O2. The fraction of sp³-hybridized carbons (Fsp3) is 0.636. The third kappa shape index (κ3) is 2.82. The van der Waals surface area contributed by atoms with Crippen LogP contribution in [0.2, 0.25) is 0 Å². The molecule has 0 atom stereocenters. The molecule has 0 aliphatic rings. The van der Waals surface area contributed by atoms with Crippen LogP contribution in [-0.4, -0.2) is 21.7 Å². The summed E-state index contributed by atoms with van der Waals surface area (Å²) in [5.74, 6) is 0.113. The summed E-state index contributed by atoms with van der Waals surface area (Å²) >= 11 is 0. The molecule has 1 heterocycles. The molecule has 0 bridgehead atoms. The number of nitrogens with zero attached hydrogens (tertiary/aromatic N) is 2. The van der Waals surface area contributed by atoms with Gasteiger partial charge in [0.15, 0.2) is 0 Å². The largest absolute Gasteiger partial charge is 0.472 e. The highest BCUT2D eigenvalue weighted by molar-refractivity contribution is 5.04. The molecule has 1 aromatic heterocycles. The van der Waals surface area contributed by atoms with E-state index in [4.69, 9.17) is 10.5 Å². The van der Waals surface area contributed by atoms with Crippen molar-refractivity contribution in [1.82, 2.24) is 9.55 Å². The predicted molar refractivity (Wildman–Crippen MR) is 62.5 cm³/mol. The summed E-state index contributed by atoms with van der Waals surface area (Å²) in [4.78, 5) is 15.5. The van der Waals surface area contributed by atoms with Crippen molar-refractivity contribution in [3.63, 3.8) is 0 Å².